The van der Waals surface area contributed by atoms with Crippen LogP contribution >= 0.6 is 0 Å². The van der Waals surface area contributed by atoms with Gasteiger partial charge < -0.3 is 25.4 Å². The Hall–Kier alpha value is -5.11. The van der Waals surface area contributed by atoms with Gasteiger partial charge in [0.05, 0.1) is 0 Å². The SMILES string of the molecule is C=Cc1cccc(C(C(=O)Nc2ccc3ccccc3c2)N(C(=O)C(Cc2ccc(O)cc2)NC(=O)OC(C)(C)C)C(C)(C)CC)c1. The minimum Gasteiger partial charge on any atom is -0.508 e. The van der Waals surface area contributed by atoms with Crippen LogP contribution in [0.1, 0.15) is 70.7 Å². The predicted molar refractivity (Wildman–Crippen MR) is 188 cm³/mol. The van der Waals surface area contributed by atoms with E-state index in [9.17, 15) is 19.5 Å². The Balaban J connectivity index is 1.83. The van der Waals surface area contributed by atoms with Crippen LogP contribution in [0.5, 0.6) is 5.75 Å². The van der Waals surface area contributed by atoms with Crippen LogP contribution < -0.4 is 10.6 Å². The van der Waals surface area contributed by atoms with Gasteiger partial charge in [0.2, 0.25) is 5.91 Å². The summed E-state index contributed by atoms with van der Waals surface area (Å²) in [7, 11) is 0. The average Bonchev–Trinajstić information content (AvgIpc) is 3.02. The molecule has 0 bridgehead atoms. The third-order valence-corrected chi connectivity index (χ3v) is 8.11. The van der Waals surface area contributed by atoms with Crippen molar-refractivity contribution in [2.45, 2.75) is 77.6 Å². The highest BCUT2D eigenvalue weighted by Gasteiger charge is 2.43. The van der Waals surface area contributed by atoms with Gasteiger partial charge in [-0.3, -0.25) is 9.59 Å². The van der Waals surface area contributed by atoms with E-state index in [4.69, 9.17) is 4.74 Å². The number of ether oxygens (including phenoxy) is 1. The fourth-order valence-corrected chi connectivity index (χ4v) is 5.38. The summed E-state index contributed by atoms with van der Waals surface area (Å²) in [6, 6.07) is 25.2. The van der Waals surface area contributed by atoms with Gasteiger partial charge in [-0.15, -0.1) is 0 Å². The third kappa shape index (κ3) is 9.00. The van der Waals surface area contributed by atoms with Crippen LogP contribution in [0.3, 0.4) is 0 Å². The number of carbonyl (C=O) groups excluding carboxylic acids is 3. The van der Waals surface area contributed by atoms with E-state index in [-0.39, 0.29) is 12.2 Å². The third-order valence-electron chi connectivity index (χ3n) is 8.11. The minimum atomic E-state index is -1.10. The Morgan fingerprint density at radius 3 is 2.21 bits per heavy atom. The highest BCUT2D eigenvalue weighted by atomic mass is 16.6. The van der Waals surface area contributed by atoms with Crippen LogP contribution in [0, 0.1) is 0 Å². The molecule has 0 saturated carbocycles. The number of rotatable bonds is 11. The fourth-order valence-electron chi connectivity index (χ4n) is 5.38. The second kappa shape index (κ2) is 14.5. The van der Waals surface area contributed by atoms with Gasteiger partial charge in [0.1, 0.15) is 23.4 Å². The predicted octanol–water partition coefficient (Wildman–Crippen LogP) is 8.02. The summed E-state index contributed by atoms with van der Waals surface area (Å²) in [5.41, 5.74) is 1.04. The lowest BCUT2D eigenvalue weighted by atomic mass is 9.90. The Morgan fingerprint density at radius 2 is 1.57 bits per heavy atom. The van der Waals surface area contributed by atoms with Crippen LogP contribution in [0.15, 0.2) is 97.6 Å². The zero-order valence-electron chi connectivity index (χ0n) is 28.0. The normalized spacial score (nSPS) is 12.9. The highest BCUT2D eigenvalue weighted by Crippen LogP contribution is 2.34. The fraction of sp³-hybridized carbons (Fsp3) is 0.308. The summed E-state index contributed by atoms with van der Waals surface area (Å²) in [5, 5.41) is 17.7. The lowest BCUT2D eigenvalue weighted by Crippen LogP contribution is -2.59. The molecule has 8 heteroatoms. The summed E-state index contributed by atoms with van der Waals surface area (Å²) in [6.07, 6.45) is 1.55. The molecular weight excluding hydrogens is 590 g/mol. The number of fused-ring (bicyclic) bond motifs is 1. The van der Waals surface area contributed by atoms with E-state index in [1.807, 2.05) is 87.5 Å². The van der Waals surface area contributed by atoms with Gasteiger partial charge in [0, 0.05) is 17.6 Å². The monoisotopic (exact) mass is 635 g/mol. The van der Waals surface area contributed by atoms with E-state index < -0.39 is 41.1 Å². The van der Waals surface area contributed by atoms with Crippen molar-refractivity contribution in [2.75, 3.05) is 5.32 Å². The molecule has 0 saturated heterocycles. The van der Waals surface area contributed by atoms with Gasteiger partial charge in [0.15, 0.2) is 0 Å². The van der Waals surface area contributed by atoms with Crippen LogP contribution in [-0.2, 0) is 20.7 Å². The number of amides is 3. The van der Waals surface area contributed by atoms with Crippen molar-refractivity contribution in [1.82, 2.24) is 10.2 Å². The molecule has 8 nitrogen and oxygen atoms in total. The number of nitrogens with one attached hydrogen (secondary N) is 2. The Kier molecular flexibility index (Phi) is 10.8. The van der Waals surface area contributed by atoms with Crippen molar-refractivity contribution in [3.05, 3.63) is 114 Å². The molecule has 0 heterocycles. The molecule has 4 aromatic carbocycles. The molecule has 0 aliphatic heterocycles. The maximum absolute atomic E-state index is 14.9. The first-order chi connectivity index (χ1) is 22.2. The van der Waals surface area contributed by atoms with Crippen molar-refractivity contribution >= 4 is 40.4 Å². The molecule has 2 unspecified atom stereocenters. The first-order valence-corrected chi connectivity index (χ1v) is 15.8. The van der Waals surface area contributed by atoms with E-state index in [2.05, 4.69) is 17.2 Å². The topological polar surface area (TPSA) is 108 Å². The van der Waals surface area contributed by atoms with Gasteiger partial charge >= 0.3 is 6.09 Å². The van der Waals surface area contributed by atoms with Gasteiger partial charge in [-0.2, -0.15) is 0 Å². The maximum Gasteiger partial charge on any atom is 0.408 e. The number of hydrogen-bond acceptors (Lipinski definition) is 5. The Morgan fingerprint density at radius 1 is 0.894 bits per heavy atom. The minimum absolute atomic E-state index is 0.0815. The number of aromatic hydroxyl groups is 1. The summed E-state index contributed by atoms with van der Waals surface area (Å²) in [5.74, 6) is -0.784. The number of phenolic OH excluding ortho intramolecular Hbond substituents is 1. The summed E-state index contributed by atoms with van der Waals surface area (Å²) >= 11 is 0. The largest absolute Gasteiger partial charge is 0.508 e. The molecule has 4 rings (SSSR count). The van der Waals surface area contributed by atoms with Gasteiger partial charge in [-0.1, -0.05) is 80.2 Å². The summed E-state index contributed by atoms with van der Waals surface area (Å²) in [6.45, 7) is 14.9. The first-order valence-electron chi connectivity index (χ1n) is 15.8. The molecule has 3 amide bonds. The molecule has 4 aromatic rings. The molecule has 0 aliphatic rings. The van der Waals surface area contributed by atoms with Crippen LogP contribution in [0.2, 0.25) is 0 Å². The molecule has 47 heavy (non-hydrogen) atoms. The number of alkyl carbamates (subject to hydrolysis) is 1. The molecule has 0 radical (unpaired) electrons. The van der Waals surface area contributed by atoms with E-state index >= 15 is 0 Å². The lowest BCUT2D eigenvalue weighted by Gasteiger charge is -2.44. The lowest BCUT2D eigenvalue weighted by molar-refractivity contribution is -0.147. The van der Waals surface area contributed by atoms with Crippen molar-refractivity contribution in [3.63, 3.8) is 0 Å². The smallest absolute Gasteiger partial charge is 0.408 e. The molecular formula is C39H45N3O5. The average molecular weight is 636 g/mol. The zero-order chi connectivity index (χ0) is 34.4. The van der Waals surface area contributed by atoms with Gasteiger partial charge in [-0.25, -0.2) is 4.79 Å². The molecule has 246 valence electrons. The second-order valence-corrected chi connectivity index (χ2v) is 13.3. The van der Waals surface area contributed by atoms with Gasteiger partial charge in [-0.05, 0) is 98.8 Å². The quantitative estimate of drug-likeness (QED) is 0.155. The zero-order valence-corrected chi connectivity index (χ0v) is 28.0. The molecule has 0 spiro atoms. The molecule has 0 aliphatic carbocycles. The molecule has 0 fully saturated rings. The highest BCUT2D eigenvalue weighted by molar-refractivity contribution is 6.00. The number of benzene rings is 4. The molecule has 2 atom stereocenters. The van der Waals surface area contributed by atoms with Crippen LogP contribution in [-0.4, -0.2) is 45.1 Å². The van der Waals surface area contributed by atoms with Crippen molar-refractivity contribution in [1.29, 1.82) is 0 Å². The van der Waals surface area contributed by atoms with Crippen molar-refractivity contribution in [3.8, 4) is 5.75 Å². The van der Waals surface area contributed by atoms with E-state index in [0.717, 1.165) is 16.3 Å². The van der Waals surface area contributed by atoms with E-state index in [1.54, 1.807) is 43.9 Å². The molecule has 3 N–H and O–H groups in total. The number of hydrogen-bond donors (Lipinski definition) is 3. The summed E-state index contributed by atoms with van der Waals surface area (Å²) in [4.78, 5) is 44.2. The van der Waals surface area contributed by atoms with Crippen molar-refractivity contribution < 1.29 is 24.2 Å². The van der Waals surface area contributed by atoms with E-state index in [1.165, 1.54) is 12.1 Å². The maximum atomic E-state index is 14.9. The summed E-state index contributed by atoms with van der Waals surface area (Å²) < 4.78 is 5.55. The number of phenols is 1. The van der Waals surface area contributed by atoms with Crippen LogP contribution in [0.25, 0.3) is 16.8 Å². The van der Waals surface area contributed by atoms with Gasteiger partial charge in [0.25, 0.3) is 5.91 Å². The Bertz CT molecular complexity index is 1740. The Labute approximate surface area is 277 Å². The number of anilines is 1. The number of nitrogens with zero attached hydrogens (tertiary/aromatic N) is 1. The van der Waals surface area contributed by atoms with Crippen molar-refractivity contribution in [2.24, 2.45) is 0 Å². The number of carbonyl (C=O) groups is 3. The first kappa shape index (κ1) is 34.8. The second-order valence-electron chi connectivity index (χ2n) is 13.3. The molecule has 0 aromatic heterocycles. The van der Waals surface area contributed by atoms with Crippen LogP contribution in [0.4, 0.5) is 10.5 Å². The standard InChI is InChI=1S/C39H45N3O5/c1-8-26-13-12-16-30(23-26)34(35(44)40-31-20-19-28-14-10-11-15-29(28)25-31)42(39(6,7)9-2)36(45)33(41-37(46)47-38(3,4)5)24-27-17-21-32(43)22-18-27/h8,10-23,25,33-34,43H,1,9,24H2,2-7H3,(H,40,44)(H,41,46). The van der Waals surface area contributed by atoms with E-state index in [0.29, 0.717) is 23.2 Å².